The van der Waals surface area contributed by atoms with Crippen LogP contribution in [0.2, 0.25) is 5.02 Å². The molecule has 148 valence electrons. The van der Waals surface area contributed by atoms with Crippen molar-refractivity contribution in [2.75, 3.05) is 4.90 Å². The number of anilines is 3. The van der Waals surface area contributed by atoms with Crippen LogP contribution in [0.3, 0.4) is 0 Å². The number of rotatable bonds is 5. The van der Waals surface area contributed by atoms with Crippen molar-refractivity contribution in [1.82, 2.24) is 4.98 Å². The van der Waals surface area contributed by atoms with Crippen LogP contribution in [0.15, 0.2) is 96.1 Å². The molecule has 0 saturated carbocycles. The molecule has 0 amide bonds. The van der Waals surface area contributed by atoms with Crippen LogP contribution in [-0.4, -0.2) is 16.3 Å². The van der Waals surface area contributed by atoms with Gasteiger partial charge in [0.2, 0.25) is 0 Å². The summed E-state index contributed by atoms with van der Waals surface area (Å²) in [6.07, 6.45) is 3.10. The normalized spacial score (nSPS) is 11.0. The van der Waals surface area contributed by atoms with Gasteiger partial charge in [-0.2, -0.15) is 0 Å². The summed E-state index contributed by atoms with van der Waals surface area (Å²) in [5.74, 6) is -0.165. The Hall–Kier alpha value is -3.70. The van der Waals surface area contributed by atoms with E-state index in [1.165, 1.54) is 24.4 Å². The Kier molecular flexibility index (Phi) is 5.72. The van der Waals surface area contributed by atoms with Gasteiger partial charge in [0, 0.05) is 29.3 Å². The number of nitrogens with zero attached hydrogens (tertiary/aromatic N) is 3. The molecule has 4 nitrogen and oxygen atoms in total. The number of pyridine rings is 1. The number of halogens is 2. The molecule has 4 aromatic rings. The first-order valence-electron chi connectivity index (χ1n) is 9.21. The number of aliphatic imine (C=N–C) groups is 1. The van der Waals surface area contributed by atoms with Crippen molar-refractivity contribution in [2.45, 2.75) is 0 Å². The molecule has 0 saturated heterocycles. The van der Waals surface area contributed by atoms with E-state index < -0.39 is 5.82 Å². The van der Waals surface area contributed by atoms with E-state index in [0.717, 1.165) is 11.4 Å². The van der Waals surface area contributed by atoms with E-state index in [-0.39, 0.29) is 10.8 Å². The molecule has 0 atom stereocenters. The highest BCUT2D eigenvalue weighted by Gasteiger charge is 2.18. The second-order valence-corrected chi connectivity index (χ2v) is 6.84. The minimum atomic E-state index is -0.508. The quantitative estimate of drug-likeness (QED) is 0.363. The van der Waals surface area contributed by atoms with Crippen LogP contribution >= 0.6 is 11.6 Å². The van der Waals surface area contributed by atoms with Gasteiger partial charge in [-0.25, -0.2) is 9.37 Å². The van der Waals surface area contributed by atoms with Crippen molar-refractivity contribution in [3.8, 4) is 5.75 Å². The van der Waals surface area contributed by atoms with Gasteiger partial charge in [0.1, 0.15) is 5.82 Å². The van der Waals surface area contributed by atoms with Crippen LogP contribution in [0.4, 0.5) is 27.3 Å². The molecular weight excluding hydrogens is 401 g/mol. The average Bonchev–Trinajstić information content (AvgIpc) is 2.78. The maximum Gasteiger partial charge on any atom is 0.180 e. The first-order chi connectivity index (χ1) is 14.6. The Morgan fingerprint density at radius 3 is 2.13 bits per heavy atom. The van der Waals surface area contributed by atoms with E-state index in [4.69, 9.17) is 11.6 Å². The molecule has 0 radical (unpaired) electrons. The van der Waals surface area contributed by atoms with Gasteiger partial charge in [-0.15, -0.1) is 0 Å². The SMILES string of the molecule is Oc1c(/C=N/c2ccc(F)c(Cl)c2)ccnc1N(c1ccccc1)c1ccccc1. The van der Waals surface area contributed by atoms with Crippen LogP contribution < -0.4 is 4.90 Å². The van der Waals surface area contributed by atoms with Crippen molar-refractivity contribution in [2.24, 2.45) is 4.99 Å². The molecule has 1 heterocycles. The van der Waals surface area contributed by atoms with E-state index in [1.807, 2.05) is 65.6 Å². The van der Waals surface area contributed by atoms with Gasteiger partial charge in [0.25, 0.3) is 0 Å². The monoisotopic (exact) mass is 417 g/mol. The molecule has 0 bridgehead atoms. The van der Waals surface area contributed by atoms with Crippen LogP contribution in [0.25, 0.3) is 0 Å². The van der Waals surface area contributed by atoms with Gasteiger partial charge in [-0.3, -0.25) is 9.89 Å². The predicted octanol–water partition coefficient (Wildman–Crippen LogP) is 6.80. The predicted molar refractivity (Wildman–Crippen MR) is 119 cm³/mol. The van der Waals surface area contributed by atoms with Gasteiger partial charge in [-0.05, 0) is 48.5 Å². The summed E-state index contributed by atoms with van der Waals surface area (Å²) in [7, 11) is 0. The smallest absolute Gasteiger partial charge is 0.180 e. The molecule has 0 fully saturated rings. The molecule has 0 aliphatic heterocycles. The molecule has 0 unspecified atom stereocenters. The molecule has 0 aliphatic rings. The highest BCUT2D eigenvalue weighted by molar-refractivity contribution is 6.31. The Morgan fingerprint density at radius 2 is 1.53 bits per heavy atom. The van der Waals surface area contributed by atoms with Crippen molar-refractivity contribution in [3.05, 3.63) is 108 Å². The summed E-state index contributed by atoms with van der Waals surface area (Å²) >= 11 is 5.81. The third-order valence-electron chi connectivity index (χ3n) is 4.43. The van der Waals surface area contributed by atoms with E-state index in [0.29, 0.717) is 17.1 Å². The Bertz CT molecular complexity index is 1140. The topological polar surface area (TPSA) is 48.7 Å². The number of benzene rings is 3. The molecule has 0 spiro atoms. The third kappa shape index (κ3) is 4.16. The molecule has 3 aromatic carbocycles. The largest absolute Gasteiger partial charge is 0.504 e. The fraction of sp³-hybridized carbons (Fsp3) is 0. The lowest BCUT2D eigenvalue weighted by atomic mass is 10.2. The Balaban J connectivity index is 1.76. The zero-order valence-electron chi connectivity index (χ0n) is 15.8. The first-order valence-corrected chi connectivity index (χ1v) is 9.58. The maximum atomic E-state index is 13.4. The van der Waals surface area contributed by atoms with Gasteiger partial charge < -0.3 is 5.11 Å². The summed E-state index contributed by atoms with van der Waals surface area (Å²) in [4.78, 5) is 10.6. The molecule has 1 N–H and O–H groups in total. The van der Waals surface area contributed by atoms with Crippen molar-refractivity contribution < 1.29 is 9.50 Å². The first kappa shape index (κ1) is 19.6. The van der Waals surface area contributed by atoms with Crippen molar-refractivity contribution >= 4 is 40.7 Å². The lowest BCUT2D eigenvalue weighted by molar-refractivity contribution is 0.473. The second kappa shape index (κ2) is 8.76. The minimum Gasteiger partial charge on any atom is -0.504 e. The van der Waals surface area contributed by atoms with E-state index in [1.54, 1.807) is 12.3 Å². The molecule has 6 heteroatoms. The summed E-state index contributed by atoms with van der Waals surface area (Å²) in [6.45, 7) is 0. The van der Waals surface area contributed by atoms with Gasteiger partial charge >= 0.3 is 0 Å². The zero-order valence-corrected chi connectivity index (χ0v) is 16.5. The highest BCUT2D eigenvalue weighted by atomic mass is 35.5. The maximum absolute atomic E-state index is 13.4. The number of para-hydroxylation sites is 2. The summed E-state index contributed by atoms with van der Waals surface area (Å²) in [5.41, 5.74) is 2.65. The van der Waals surface area contributed by atoms with Gasteiger partial charge in [0.15, 0.2) is 11.6 Å². The van der Waals surface area contributed by atoms with Gasteiger partial charge in [0.05, 0.1) is 10.7 Å². The Labute approximate surface area is 178 Å². The summed E-state index contributed by atoms with van der Waals surface area (Å²) in [5, 5.41) is 11.0. The summed E-state index contributed by atoms with van der Waals surface area (Å²) < 4.78 is 13.4. The van der Waals surface area contributed by atoms with E-state index in [9.17, 15) is 9.50 Å². The Morgan fingerprint density at radius 1 is 0.900 bits per heavy atom. The van der Waals surface area contributed by atoms with Crippen LogP contribution in [0, 0.1) is 5.82 Å². The molecule has 1 aromatic heterocycles. The van der Waals surface area contributed by atoms with Crippen molar-refractivity contribution in [3.63, 3.8) is 0 Å². The second-order valence-electron chi connectivity index (χ2n) is 6.44. The summed E-state index contributed by atoms with van der Waals surface area (Å²) in [6, 6.07) is 25.1. The van der Waals surface area contributed by atoms with E-state index in [2.05, 4.69) is 9.98 Å². The lowest BCUT2D eigenvalue weighted by Gasteiger charge is -2.25. The molecule has 0 aliphatic carbocycles. The van der Waals surface area contributed by atoms with Gasteiger partial charge in [-0.1, -0.05) is 48.0 Å². The molecular formula is C24H17ClFN3O. The number of hydrogen-bond donors (Lipinski definition) is 1. The zero-order chi connectivity index (χ0) is 20.9. The van der Waals surface area contributed by atoms with E-state index >= 15 is 0 Å². The number of hydrogen-bond acceptors (Lipinski definition) is 4. The standard InChI is InChI=1S/C24H17ClFN3O/c25-21-15-18(11-12-22(21)26)28-16-17-13-14-27-24(23(17)30)29(19-7-3-1-4-8-19)20-9-5-2-6-10-20/h1-16,30H/b28-16+. The fourth-order valence-electron chi connectivity index (χ4n) is 2.98. The average molecular weight is 418 g/mol. The fourth-order valence-corrected chi connectivity index (χ4v) is 3.16. The van der Waals surface area contributed by atoms with Crippen LogP contribution in [0.5, 0.6) is 5.75 Å². The van der Waals surface area contributed by atoms with Crippen LogP contribution in [-0.2, 0) is 0 Å². The molecule has 4 rings (SSSR count). The van der Waals surface area contributed by atoms with Crippen LogP contribution in [0.1, 0.15) is 5.56 Å². The molecule has 30 heavy (non-hydrogen) atoms. The lowest BCUT2D eigenvalue weighted by Crippen LogP contribution is -2.12. The van der Waals surface area contributed by atoms with Crippen molar-refractivity contribution in [1.29, 1.82) is 0 Å². The number of aromatic hydroxyl groups is 1. The highest BCUT2D eigenvalue weighted by Crippen LogP contribution is 2.38. The third-order valence-corrected chi connectivity index (χ3v) is 4.72. The minimum absolute atomic E-state index is 0.0105. The number of aromatic nitrogens is 1.